The van der Waals surface area contributed by atoms with Gasteiger partial charge in [-0.15, -0.1) is 0 Å². The normalized spacial score (nSPS) is 10.2. The average Bonchev–Trinajstić information content (AvgIpc) is 2.44. The number of anilines is 1. The van der Waals surface area contributed by atoms with Gasteiger partial charge in [0.1, 0.15) is 0 Å². The lowest BCUT2D eigenvalue weighted by Gasteiger charge is -2.11. The zero-order chi connectivity index (χ0) is 14.5. The van der Waals surface area contributed by atoms with Crippen molar-refractivity contribution >= 4 is 11.6 Å². The number of nitrogens with one attached hydrogen (secondary N) is 1. The number of ether oxygens (including phenoxy) is 1. The number of amides is 1. The number of carbonyl (C=O) groups is 1. The Morgan fingerprint density at radius 3 is 2.65 bits per heavy atom. The second-order valence-corrected chi connectivity index (χ2v) is 4.22. The fraction of sp³-hybridized carbons (Fsp3) is 0.133. The molecule has 0 spiro atoms. The quantitative estimate of drug-likeness (QED) is 0.748. The minimum Gasteiger partial charge on any atom is -0.504 e. The van der Waals surface area contributed by atoms with Crippen molar-refractivity contribution in [2.24, 2.45) is 0 Å². The van der Waals surface area contributed by atoms with Gasteiger partial charge in [-0.1, -0.05) is 24.3 Å². The van der Waals surface area contributed by atoms with Crippen molar-refractivity contribution in [1.82, 2.24) is 0 Å². The number of hydrogen-bond acceptors (Lipinski definition) is 4. The van der Waals surface area contributed by atoms with Gasteiger partial charge in [-0.25, -0.2) is 0 Å². The van der Waals surface area contributed by atoms with Crippen molar-refractivity contribution in [2.45, 2.75) is 6.61 Å². The summed E-state index contributed by atoms with van der Waals surface area (Å²) in [4.78, 5) is 12.1. The van der Waals surface area contributed by atoms with Crippen LogP contribution in [-0.2, 0) is 11.3 Å². The minimum absolute atomic E-state index is 0.0113. The molecule has 0 aliphatic carbocycles. The second kappa shape index (κ2) is 6.08. The first kappa shape index (κ1) is 13.9. The van der Waals surface area contributed by atoms with Gasteiger partial charge in [0, 0.05) is 18.4 Å². The molecular weight excluding hydrogens is 258 g/mol. The summed E-state index contributed by atoms with van der Waals surface area (Å²) in [6, 6.07) is 11.4. The van der Waals surface area contributed by atoms with Gasteiger partial charge < -0.3 is 20.3 Å². The van der Waals surface area contributed by atoms with Crippen LogP contribution in [0.25, 0.3) is 0 Å². The topological polar surface area (TPSA) is 78.8 Å². The van der Waals surface area contributed by atoms with Crippen molar-refractivity contribution in [1.29, 1.82) is 0 Å². The third kappa shape index (κ3) is 2.89. The molecule has 0 unspecified atom stereocenters. The Labute approximate surface area is 116 Å². The van der Waals surface area contributed by atoms with E-state index >= 15 is 0 Å². The van der Waals surface area contributed by atoms with Gasteiger partial charge in [0.05, 0.1) is 12.2 Å². The van der Waals surface area contributed by atoms with E-state index in [9.17, 15) is 15.0 Å². The molecule has 0 aliphatic heterocycles. The summed E-state index contributed by atoms with van der Waals surface area (Å²) < 4.78 is 5.06. The predicted molar refractivity (Wildman–Crippen MR) is 74.9 cm³/mol. The molecule has 0 saturated heterocycles. The summed E-state index contributed by atoms with van der Waals surface area (Å²) in [6.07, 6.45) is 0. The smallest absolute Gasteiger partial charge is 0.259 e. The predicted octanol–water partition coefficient (Wildman–Crippen LogP) is 2.50. The molecule has 1 amide bonds. The fourth-order valence-corrected chi connectivity index (χ4v) is 1.83. The van der Waals surface area contributed by atoms with E-state index in [1.54, 1.807) is 19.2 Å². The zero-order valence-corrected chi connectivity index (χ0v) is 11.0. The highest BCUT2D eigenvalue weighted by atomic mass is 16.5. The molecular formula is C15H15NO4. The molecule has 2 aromatic rings. The van der Waals surface area contributed by atoms with Crippen molar-refractivity contribution < 1.29 is 19.7 Å². The first-order valence-corrected chi connectivity index (χ1v) is 6.02. The lowest BCUT2D eigenvalue weighted by molar-refractivity contribution is 0.102. The molecule has 104 valence electrons. The lowest BCUT2D eigenvalue weighted by Crippen LogP contribution is -2.13. The van der Waals surface area contributed by atoms with Crippen LogP contribution in [0.15, 0.2) is 42.5 Å². The highest BCUT2D eigenvalue weighted by molar-refractivity contribution is 6.06. The summed E-state index contributed by atoms with van der Waals surface area (Å²) in [7, 11) is 1.57. The molecule has 0 aromatic heterocycles. The van der Waals surface area contributed by atoms with Crippen LogP contribution in [0.5, 0.6) is 11.5 Å². The molecule has 20 heavy (non-hydrogen) atoms. The van der Waals surface area contributed by atoms with Gasteiger partial charge in [0.15, 0.2) is 11.5 Å². The maximum atomic E-state index is 12.1. The number of aromatic hydroxyl groups is 2. The molecule has 3 N–H and O–H groups in total. The van der Waals surface area contributed by atoms with E-state index in [0.717, 1.165) is 5.56 Å². The summed E-state index contributed by atoms with van der Waals surface area (Å²) in [5.74, 6) is -1.26. The summed E-state index contributed by atoms with van der Waals surface area (Å²) in [6.45, 7) is 0.364. The molecule has 0 radical (unpaired) electrons. The lowest BCUT2D eigenvalue weighted by atomic mass is 10.1. The van der Waals surface area contributed by atoms with E-state index in [4.69, 9.17) is 4.74 Å². The summed E-state index contributed by atoms with van der Waals surface area (Å²) in [5.41, 5.74) is 1.43. The molecule has 2 aromatic carbocycles. The van der Waals surface area contributed by atoms with E-state index in [2.05, 4.69) is 5.32 Å². The number of para-hydroxylation sites is 2. The van der Waals surface area contributed by atoms with Crippen LogP contribution in [0, 0.1) is 0 Å². The minimum atomic E-state index is -0.498. The van der Waals surface area contributed by atoms with Crippen LogP contribution in [-0.4, -0.2) is 23.2 Å². The van der Waals surface area contributed by atoms with E-state index in [-0.39, 0.29) is 11.3 Å². The fourth-order valence-electron chi connectivity index (χ4n) is 1.83. The number of phenolic OH excluding ortho intramolecular Hbond substituents is 2. The van der Waals surface area contributed by atoms with Crippen LogP contribution >= 0.6 is 0 Å². The standard InChI is InChI=1S/C15H15NO4/c1-20-9-10-5-2-3-7-12(10)16-15(19)11-6-4-8-13(17)14(11)18/h2-8,17-18H,9H2,1H3,(H,16,19). The van der Waals surface area contributed by atoms with Crippen LogP contribution in [0.4, 0.5) is 5.69 Å². The van der Waals surface area contributed by atoms with Gasteiger partial charge in [0.25, 0.3) is 5.91 Å². The monoisotopic (exact) mass is 273 g/mol. The maximum absolute atomic E-state index is 12.1. The van der Waals surface area contributed by atoms with Crippen molar-refractivity contribution in [2.75, 3.05) is 12.4 Å². The Morgan fingerprint density at radius 1 is 1.15 bits per heavy atom. The van der Waals surface area contributed by atoms with E-state index < -0.39 is 11.7 Å². The Kier molecular flexibility index (Phi) is 4.22. The van der Waals surface area contributed by atoms with Gasteiger partial charge >= 0.3 is 0 Å². The molecule has 5 nitrogen and oxygen atoms in total. The number of phenols is 2. The first-order valence-electron chi connectivity index (χ1n) is 6.02. The largest absolute Gasteiger partial charge is 0.504 e. The third-order valence-corrected chi connectivity index (χ3v) is 2.82. The molecule has 0 heterocycles. The number of benzene rings is 2. The zero-order valence-electron chi connectivity index (χ0n) is 11.0. The van der Waals surface area contributed by atoms with Crippen LogP contribution in [0.1, 0.15) is 15.9 Å². The SMILES string of the molecule is COCc1ccccc1NC(=O)c1cccc(O)c1O. The molecule has 0 atom stereocenters. The maximum Gasteiger partial charge on any atom is 0.259 e. The van der Waals surface area contributed by atoms with E-state index in [0.29, 0.717) is 12.3 Å². The Bertz CT molecular complexity index is 625. The van der Waals surface area contributed by atoms with Crippen molar-refractivity contribution in [3.05, 3.63) is 53.6 Å². The highest BCUT2D eigenvalue weighted by Gasteiger charge is 2.15. The third-order valence-electron chi connectivity index (χ3n) is 2.82. The Balaban J connectivity index is 2.26. The summed E-state index contributed by atoms with van der Waals surface area (Å²) in [5, 5.41) is 21.8. The second-order valence-electron chi connectivity index (χ2n) is 4.22. The Morgan fingerprint density at radius 2 is 1.90 bits per heavy atom. The molecule has 0 saturated carbocycles. The van der Waals surface area contributed by atoms with Gasteiger partial charge in [0.2, 0.25) is 0 Å². The number of carbonyl (C=O) groups excluding carboxylic acids is 1. The first-order chi connectivity index (χ1) is 9.63. The van der Waals surface area contributed by atoms with Crippen LogP contribution < -0.4 is 5.32 Å². The van der Waals surface area contributed by atoms with Gasteiger partial charge in [-0.3, -0.25) is 4.79 Å². The molecule has 2 rings (SSSR count). The highest BCUT2D eigenvalue weighted by Crippen LogP contribution is 2.29. The van der Waals surface area contributed by atoms with Gasteiger partial charge in [-0.2, -0.15) is 0 Å². The van der Waals surface area contributed by atoms with Crippen LogP contribution in [0.3, 0.4) is 0 Å². The number of hydrogen-bond donors (Lipinski definition) is 3. The molecule has 5 heteroatoms. The van der Waals surface area contributed by atoms with Crippen molar-refractivity contribution in [3.8, 4) is 11.5 Å². The molecule has 0 aliphatic rings. The number of rotatable bonds is 4. The molecule has 0 bridgehead atoms. The molecule has 0 fully saturated rings. The van der Waals surface area contributed by atoms with Crippen molar-refractivity contribution in [3.63, 3.8) is 0 Å². The number of methoxy groups -OCH3 is 1. The van der Waals surface area contributed by atoms with E-state index in [1.807, 2.05) is 12.1 Å². The average molecular weight is 273 g/mol. The van der Waals surface area contributed by atoms with Crippen LogP contribution in [0.2, 0.25) is 0 Å². The van der Waals surface area contributed by atoms with Gasteiger partial charge in [-0.05, 0) is 18.2 Å². The summed E-state index contributed by atoms with van der Waals surface area (Å²) >= 11 is 0. The van der Waals surface area contributed by atoms with E-state index in [1.165, 1.54) is 18.2 Å². The Hall–Kier alpha value is -2.53.